The molecule has 22 heavy (non-hydrogen) atoms. The number of rotatable bonds is 4. The number of aryl methyl sites for hydroxylation is 1. The second kappa shape index (κ2) is 6.70. The van der Waals surface area contributed by atoms with Gasteiger partial charge in [-0.05, 0) is 38.8 Å². The van der Waals surface area contributed by atoms with Gasteiger partial charge in [-0.2, -0.15) is 0 Å². The molecule has 1 atom stereocenters. The number of nitrogens with one attached hydrogen (secondary N) is 2. The van der Waals surface area contributed by atoms with Gasteiger partial charge in [0.05, 0.1) is 12.3 Å². The van der Waals surface area contributed by atoms with Crippen LogP contribution in [-0.4, -0.2) is 44.1 Å². The van der Waals surface area contributed by atoms with Crippen molar-refractivity contribution in [3.63, 3.8) is 0 Å². The van der Waals surface area contributed by atoms with E-state index in [2.05, 4.69) is 10.6 Å². The molecule has 1 aromatic heterocycles. The second-order valence-corrected chi connectivity index (χ2v) is 7.71. The van der Waals surface area contributed by atoms with Crippen molar-refractivity contribution in [2.24, 2.45) is 0 Å². The molecule has 1 saturated heterocycles. The van der Waals surface area contributed by atoms with Crippen LogP contribution in [0.2, 0.25) is 0 Å². The van der Waals surface area contributed by atoms with E-state index in [0.717, 1.165) is 5.76 Å². The van der Waals surface area contributed by atoms with Crippen LogP contribution < -0.4 is 10.6 Å². The highest BCUT2D eigenvalue weighted by Crippen LogP contribution is 2.16. The summed E-state index contributed by atoms with van der Waals surface area (Å²) in [6.45, 7) is 4.59. The fourth-order valence-electron chi connectivity index (χ4n) is 2.51. The van der Waals surface area contributed by atoms with Crippen LogP contribution in [0.25, 0.3) is 0 Å². The zero-order valence-electron chi connectivity index (χ0n) is 13.1. The van der Waals surface area contributed by atoms with Gasteiger partial charge < -0.3 is 15.1 Å². The standard InChI is InChI=1S/C14H23N3O4S/c1-10-4-5-13(21-10)11(2)15-14(18)16-12-6-8-17(9-7-12)22(3,19)20/h4-5,11-12H,6-9H2,1-3H3,(H2,15,16,18)/t11-/m1/s1. The van der Waals surface area contributed by atoms with Gasteiger partial charge in [0.25, 0.3) is 0 Å². The summed E-state index contributed by atoms with van der Waals surface area (Å²) in [5, 5.41) is 5.71. The molecule has 1 aromatic rings. The lowest BCUT2D eigenvalue weighted by Gasteiger charge is -2.30. The number of urea groups is 1. The van der Waals surface area contributed by atoms with Crippen molar-refractivity contribution in [2.45, 2.75) is 38.8 Å². The van der Waals surface area contributed by atoms with Gasteiger partial charge in [0.1, 0.15) is 11.5 Å². The fraction of sp³-hybridized carbons (Fsp3) is 0.643. The highest BCUT2D eigenvalue weighted by atomic mass is 32.2. The maximum Gasteiger partial charge on any atom is 0.315 e. The lowest BCUT2D eigenvalue weighted by Crippen LogP contribution is -2.49. The summed E-state index contributed by atoms with van der Waals surface area (Å²) >= 11 is 0. The SMILES string of the molecule is Cc1ccc([C@@H](C)NC(=O)NC2CCN(S(C)(=O)=O)CC2)o1. The van der Waals surface area contributed by atoms with E-state index in [0.29, 0.717) is 31.7 Å². The van der Waals surface area contributed by atoms with E-state index in [1.54, 1.807) is 0 Å². The monoisotopic (exact) mass is 329 g/mol. The van der Waals surface area contributed by atoms with Gasteiger partial charge in [-0.25, -0.2) is 17.5 Å². The molecule has 8 heteroatoms. The number of nitrogens with zero attached hydrogens (tertiary/aromatic N) is 1. The molecule has 0 bridgehead atoms. The van der Waals surface area contributed by atoms with Crippen molar-refractivity contribution in [3.05, 3.63) is 23.7 Å². The zero-order chi connectivity index (χ0) is 16.3. The molecule has 2 rings (SSSR count). The van der Waals surface area contributed by atoms with E-state index >= 15 is 0 Å². The molecule has 0 radical (unpaired) electrons. The molecular weight excluding hydrogens is 306 g/mol. The van der Waals surface area contributed by atoms with Crippen LogP contribution in [-0.2, 0) is 10.0 Å². The number of amides is 2. The summed E-state index contributed by atoms with van der Waals surface area (Å²) < 4.78 is 29.8. The molecule has 1 aliphatic heterocycles. The Morgan fingerprint density at radius 2 is 2.00 bits per heavy atom. The first-order valence-electron chi connectivity index (χ1n) is 7.34. The van der Waals surface area contributed by atoms with Crippen molar-refractivity contribution in [3.8, 4) is 0 Å². The van der Waals surface area contributed by atoms with Gasteiger partial charge in [-0.15, -0.1) is 0 Å². The molecule has 2 amide bonds. The summed E-state index contributed by atoms with van der Waals surface area (Å²) in [4.78, 5) is 12.0. The first-order valence-corrected chi connectivity index (χ1v) is 9.19. The topological polar surface area (TPSA) is 91.7 Å². The van der Waals surface area contributed by atoms with Crippen LogP contribution in [0.3, 0.4) is 0 Å². The lowest BCUT2D eigenvalue weighted by molar-refractivity contribution is 0.223. The minimum Gasteiger partial charge on any atom is -0.464 e. The molecule has 0 spiro atoms. The van der Waals surface area contributed by atoms with Crippen LogP contribution >= 0.6 is 0 Å². The maximum absolute atomic E-state index is 12.0. The number of hydrogen-bond acceptors (Lipinski definition) is 4. The number of furan rings is 1. The van der Waals surface area contributed by atoms with Crippen LogP contribution in [0.5, 0.6) is 0 Å². The van der Waals surface area contributed by atoms with Crippen LogP contribution in [0.4, 0.5) is 4.79 Å². The predicted molar refractivity (Wildman–Crippen MR) is 83.0 cm³/mol. The Labute approximate surface area is 131 Å². The van der Waals surface area contributed by atoms with Gasteiger partial charge in [0.2, 0.25) is 10.0 Å². The minimum absolute atomic E-state index is 0.0106. The highest BCUT2D eigenvalue weighted by Gasteiger charge is 2.26. The molecule has 2 N–H and O–H groups in total. The quantitative estimate of drug-likeness (QED) is 0.873. The summed E-state index contributed by atoms with van der Waals surface area (Å²) in [6.07, 6.45) is 2.45. The largest absolute Gasteiger partial charge is 0.464 e. The molecule has 0 unspecified atom stereocenters. The summed E-state index contributed by atoms with van der Waals surface area (Å²) in [6, 6.07) is 3.20. The first-order chi connectivity index (χ1) is 10.3. The maximum atomic E-state index is 12.0. The van der Waals surface area contributed by atoms with Gasteiger partial charge in [-0.1, -0.05) is 0 Å². The van der Waals surface area contributed by atoms with Crippen molar-refractivity contribution in [2.75, 3.05) is 19.3 Å². The molecule has 0 aromatic carbocycles. The Morgan fingerprint density at radius 3 is 2.50 bits per heavy atom. The third-order valence-electron chi connectivity index (χ3n) is 3.79. The number of sulfonamides is 1. The minimum atomic E-state index is -3.14. The number of carbonyl (C=O) groups excluding carboxylic acids is 1. The van der Waals surface area contributed by atoms with E-state index in [-0.39, 0.29) is 18.1 Å². The number of hydrogen-bond donors (Lipinski definition) is 2. The predicted octanol–water partition coefficient (Wildman–Crippen LogP) is 1.37. The summed E-state index contributed by atoms with van der Waals surface area (Å²) in [7, 11) is -3.14. The molecule has 124 valence electrons. The Balaban J connectivity index is 1.79. The average molecular weight is 329 g/mol. The highest BCUT2D eigenvalue weighted by molar-refractivity contribution is 7.88. The van der Waals surface area contributed by atoms with E-state index < -0.39 is 10.0 Å². The Kier molecular flexibility index (Phi) is 5.12. The van der Waals surface area contributed by atoms with E-state index in [1.807, 2.05) is 26.0 Å². The Bertz CT molecular complexity index is 618. The van der Waals surface area contributed by atoms with Crippen LogP contribution in [0.1, 0.15) is 37.3 Å². The van der Waals surface area contributed by atoms with Crippen molar-refractivity contribution < 1.29 is 17.6 Å². The second-order valence-electron chi connectivity index (χ2n) is 5.72. The van der Waals surface area contributed by atoms with Crippen molar-refractivity contribution in [1.82, 2.24) is 14.9 Å². The molecule has 0 saturated carbocycles. The van der Waals surface area contributed by atoms with Gasteiger partial charge >= 0.3 is 6.03 Å². The molecule has 7 nitrogen and oxygen atoms in total. The summed E-state index contributed by atoms with van der Waals surface area (Å²) in [5.41, 5.74) is 0. The number of carbonyl (C=O) groups is 1. The Morgan fingerprint density at radius 1 is 1.36 bits per heavy atom. The van der Waals surface area contributed by atoms with Crippen molar-refractivity contribution >= 4 is 16.1 Å². The van der Waals surface area contributed by atoms with Gasteiger partial charge in [-0.3, -0.25) is 0 Å². The molecular formula is C14H23N3O4S. The van der Waals surface area contributed by atoms with Crippen molar-refractivity contribution in [1.29, 1.82) is 0 Å². The van der Waals surface area contributed by atoms with E-state index in [1.165, 1.54) is 10.6 Å². The van der Waals surface area contributed by atoms with Crippen LogP contribution in [0.15, 0.2) is 16.5 Å². The van der Waals surface area contributed by atoms with E-state index in [4.69, 9.17) is 4.42 Å². The Hall–Kier alpha value is -1.54. The molecule has 2 heterocycles. The third-order valence-corrected chi connectivity index (χ3v) is 5.10. The normalized spacial score (nSPS) is 18.9. The molecule has 1 aliphatic rings. The summed E-state index contributed by atoms with van der Waals surface area (Å²) in [5.74, 6) is 1.51. The average Bonchev–Trinajstić information content (AvgIpc) is 2.85. The fourth-order valence-corrected chi connectivity index (χ4v) is 3.39. The smallest absolute Gasteiger partial charge is 0.315 e. The van der Waals surface area contributed by atoms with Gasteiger partial charge in [0.15, 0.2) is 0 Å². The van der Waals surface area contributed by atoms with Crippen LogP contribution in [0, 0.1) is 6.92 Å². The van der Waals surface area contributed by atoms with E-state index in [9.17, 15) is 13.2 Å². The third kappa shape index (κ3) is 4.48. The first kappa shape index (κ1) is 16.8. The molecule has 1 fully saturated rings. The zero-order valence-corrected chi connectivity index (χ0v) is 13.9. The lowest BCUT2D eigenvalue weighted by atomic mass is 10.1. The number of piperidine rings is 1. The van der Waals surface area contributed by atoms with Gasteiger partial charge in [0, 0.05) is 19.1 Å². The molecule has 0 aliphatic carbocycles.